The molecule has 0 aromatic heterocycles. The molecule has 4 N–H and O–H groups in total. The third-order valence-electron chi connectivity index (χ3n) is 6.27. The maximum absolute atomic E-state index is 11.8. The quantitative estimate of drug-likeness (QED) is 0.585. The highest BCUT2D eigenvalue weighted by Gasteiger charge is 2.50. The van der Waals surface area contributed by atoms with E-state index in [2.05, 4.69) is 0 Å². The minimum atomic E-state index is -1.95. The normalized spacial score (nSPS) is 21.7. The molecular weight excluding hydrogens is 360 g/mol. The Morgan fingerprint density at radius 1 is 1.04 bits per heavy atom. The fraction of sp³-hybridized carbons (Fsp3) is 0.364. The molecule has 0 heterocycles. The molecule has 2 atom stereocenters. The molecule has 148 valence electrons. The SMILES string of the molecule is CC(CC1c2ccc(O)cc2CCC1(C)c1ccc(O)cc1)(C(=O)O)C(=O)O. The first-order valence-corrected chi connectivity index (χ1v) is 9.16. The monoisotopic (exact) mass is 384 g/mol. The van der Waals surface area contributed by atoms with E-state index < -0.39 is 28.7 Å². The number of carboxylic acids is 2. The first kappa shape index (κ1) is 19.7. The van der Waals surface area contributed by atoms with E-state index >= 15 is 0 Å². The minimum Gasteiger partial charge on any atom is -0.508 e. The van der Waals surface area contributed by atoms with Gasteiger partial charge in [-0.15, -0.1) is 0 Å². The molecule has 6 heteroatoms. The van der Waals surface area contributed by atoms with Gasteiger partial charge in [0, 0.05) is 0 Å². The van der Waals surface area contributed by atoms with Gasteiger partial charge in [0.1, 0.15) is 11.5 Å². The Morgan fingerprint density at radius 3 is 2.18 bits per heavy atom. The van der Waals surface area contributed by atoms with Gasteiger partial charge in [0.25, 0.3) is 0 Å². The molecule has 0 fully saturated rings. The lowest BCUT2D eigenvalue weighted by Gasteiger charge is -2.45. The summed E-state index contributed by atoms with van der Waals surface area (Å²) in [5.41, 5.74) is 0.194. The number of phenols is 2. The van der Waals surface area contributed by atoms with Crippen LogP contribution in [0.25, 0.3) is 0 Å². The molecule has 0 bridgehead atoms. The molecule has 2 aromatic rings. The summed E-state index contributed by atoms with van der Waals surface area (Å²) in [5.74, 6) is -2.88. The van der Waals surface area contributed by atoms with Crippen molar-refractivity contribution in [2.45, 2.75) is 44.4 Å². The molecule has 6 nitrogen and oxygen atoms in total. The minimum absolute atomic E-state index is 0.0905. The summed E-state index contributed by atoms with van der Waals surface area (Å²) in [6.07, 6.45) is 1.25. The van der Waals surface area contributed by atoms with Crippen LogP contribution in [0.1, 0.15) is 49.3 Å². The molecule has 2 unspecified atom stereocenters. The summed E-state index contributed by atoms with van der Waals surface area (Å²) in [6, 6.07) is 11.7. The number of benzene rings is 2. The van der Waals surface area contributed by atoms with Crippen LogP contribution in [-0.2, 0) is 21.4 Å². The van der Waals surface area contributed by atoms with Crippen molar-refractivity contribution >= 4 is 11.9 Å². The van der Waals surface area contributed by atoms with Crippen molar-refractivity contribution < 1.29 is 30.0 Å². The molecule has 1 aliphatic rings. The fourth-order valence-corrected chi connectivity index (χ4v) is 4.26. The number of aromatic hydroxyl groups is 2. The zero-order valence-electron chi connectivity index (χ0n) is 15.8. The molecule has 0 radical (unpaired) electrons. The Labute approximate surface area is 163 Å². The standard InChI is InChI=1S/C22H24O6/c1-21(14-3-5-15(23)6-4-14)10-9-13-11-16(24)7-8-17(13)18(21)12-22(2,19(25)26)20(27)28/h3-8,11,18,23-24H,9-10,12H2,1-2H3,(H,25,26)(H,27,28). The van der Waals surface area contributed by atoms with Gasteiger partial charge in [0.15, 0.2) is 5.41 Å². The van der Waals surface area contributed by atoms with Crippen molar-refractivity contribution in [1.82, 2.24) is 0 Å². The largest absolute Gasteiger partial charge is 0.508 e. The van der Waals surface area contributed by atoms with E-state index in [1.165, 1.54) is 6.92 Å². The number of aryl methyl sites for hydroxylation is 1. The third kappa shape index (κ3) is 3.19. The van der Waals surface area contributed by atoms with Crippen LogP contribution in [-0.4, -0.2) is 32.4 Å². The molecule has 28 heavy (non-hydrogen) atoms. The van der Waals surface area contributed by atoms with E-state index in [1.807, 2.05) is 6.92 Å². The van der Waals surface area contributed by atoms with E-state index in [-0.39, 0.29) is 17.9 Å². The van der Waals surface area contributed by atoms with Crippen LogP contribution >= 0.6 is 0 Å². The Morgan fingerprint density at radius 2 is 1.61 bits per heavy atom. The average molecular weight is 384 g/mol. The van der Waals surface area contributed by atoms with Gasteiger partial charge < -0.3 is 20.4 Å². The van der Waals surface area contributed by atoms with E-state index in [1.54, 1.807) is 42.5 Å². The lowest BCUT2D eigenvalue weighted by molar-refractivity contribution is -0.164. The van der Waals surface area contributed by atoms with E-state index in [4.69, 9.17) is 0 Å². The second-order valence-corrected chi connectivity index (χ2v) is 8.05. The van der Waals surface area contributed by atoms with Crippen LogP contribution in [0.15, 0.2) is 42.5 Å². The Kier molecular flexibility index (Phi) is 4.83. The van der Waals surface area contributed by atoms with Crippen molar-refractivity contribution in [3.05, 3.63) is 59.2 Å². The Bertz CT molecular complexity index is 903. The van der Waals surface area contributed by atoms with Crippen LogP contribution in [0.4, 0.5) is 0 Å². The Balaban J connectivity index is 2.17. The number of fused-ring (bicyclic) bond motifs is 1. The van der Waals surface area contributed by atoms with Crippen LogP contribution < -0.4 is 0 Å². The summed E-state index contributed by atoms with van der Waals surface area (Å²) in [5, 5.41) is 38.8. The molecule has 0 aliphatic heterocycles. The van der Waals surface area contributed by atoms with Crippen molar-refractivity contribution in [2.24, 2.45) is 5.41 Å². The molecule has 2 aromatic carbocycles. The maximum Gasteiger partial charge on any atom is 0.320 e. The Hall–Kier alpha value is -3.02. The summed E-state index contributed by atoms with van der Waals surface area (Å²) in [7, 11) is 0. The number of carbonyl (C=O) groups is 2. The van der Waals surface area contributed by atoms with Gasteiger partial charge in [-0.1, -0.05) is 25.1 Å². The van der Waals surface area contributed by atoms with Gasteiger partial charge in [0.05, 0.1) is 0 Å². The number of phenolic OH excluding ortho intramolecular Hbond substituents is 2. The molecule has 0 spiro atoms. The van der Waals surface area contributed by atoms with Gasteiger partial charge in [-0.3, -0.25) is 9.59 Å². The van der Waals surface area contributed by atoms with Crippen molar-refractivity contribution in [1.29, 1.82) is 0 Å². The van der Waals surface area contributed by atoms with Crippen molar-refractivity contribution in [2.75, 3.05) is 0 Å². The topological polar surface area (TPSA) is 115 Å². The van der Waals surface area contributed by atoms with Gasteiger partial charge in [0.2, 0.25) is 0 Å². The fourth-order valence-electron chi connectivity index (χ4n) is 4.26. The zero-order valence-corrected chi connectivity index (χ0v) is 15.8. The summed E-state index contributed by atoms with van der Waals surface area (Å²) < 4.78 is 0. The van der Waals surface area contributed by atoms with Gasteiger partial charge >= 0.3 is 11.9 Å². The third-order valence-corrected chi connectivity index (χ3v) is 6.27. The predicted octanol–water partition coefficient (Wildman–Crippen LogP) is 3.65. The van der Waals surface area contributed by atoms with Crippen LogP contribution in [0.2, 0.25) is 0 Å². The molecule has 0 saturated heterocycles. The lowest BCUT2D eigenvalue weighted by Crippen LogP contribution is -2.43. The first-order chi connectivity index (χ1) is 13.1. The molecule has 0 saturated carbocycles. The van der Waals surface area contributed by atoms with Crippen LogP contribution in [0.3, 0.4) is 0 Å². The van der Waals surface area contributed by atoms with E-state index in [0.29, 0.717) is 12.8 Å². The van der Waals surface area contributed by atoms with Crippen LogP contribution in [0.5, 0.6) is 11.5 Å². The second kappa shape index (κ2) is 6.86. The van der Waals surface area contributed by atoms with Crippen molar-refractivity contribution in [3.63, 3.8) is 0 Å². The molecule has 1 aliphatic carbocycles. The number of rotatable bonds is 5. The first-order valence-electron chi connectivity index (χ1n) is 9.16. The second-order valence-electron chi connectivity index (χ2n) is 8.05. The van der Waals surface area contributed by atoms with Gasteiger partial charge in [-0.2, -0.15) is 0 Å². The predicted molar refractivity (Wildman–Crippen MR) is 103 cm³/mol. The number of hydrogen-bond acceptors (Lipinski definition) is 4. The molecule has 3 rings (SSSR count). The number of hydrogen-bond donors (Lipinski definition) is 4. The smallest absolute Gasteiger partial charge is 0.320 e. The highest BCUT2D eigenvalue weighted by molar-refractivity contribution is 5.97. The average Bonchev–Trinajstić information content (AvgIpc) is 2.64. The highest BCUT2D eigenvalue weighted by Crippen LogP contribution is 2.52. The maximum atomic E-state index is 11.8. The van der Waals surface area contributed by atoms with Gasteiger partial charge in [-0.25, -0.2) is 0 Å². The summed E-state index contributed by atoms with van der Waals surface area (Å²) in [6.45, 7) is 3.24. The number of carboxylic acid groups (broad SMARTS) is 2. The molecule has 0 amide bonds. The van der Waals surface area contributed by atoms with Crippen molar-refractivity contribution in [3.8, 4) is 11.5 Å². The molecular formula is C22H24O6. The van der Waals surface area contributed by atoms with E-state index in [9.17, 15) is 30.0 Å². The van der Waals surface area contributed by atoms with Crippen LogP contribution in [0, 0.1) is 5.41 Å². The number of aliphatic carboxylic acids is 2. The summed E-state index contributed by atoms with van der Waals surface area (Å²) >= 11 is 0. The van der Waals surface area contributed by atoms with Gasteiger partial charge in [-0.05, 0) is 78.5 Å². The van der Waals surface area contributed by atoms with E-state index in [0.717, 1.165) is 16.7 Å². The zero-order chi connectivity index (χ0) is 20.7. The lowest BCUT2D eigenvalue weighted by atomic mass is 9.58. The summed E-state index contributed by atoms with van der Waals surface area (Å²) in [4.78, 5) is 23.7. The highest BCUT2D eigenvalue weighted by atomic mass is 16.4.